The lowest BCUT2D eigenvalue weighted by atomic mass is 9.98. The molecule has 3 aliphatic heterocycles. The number of carbonyl (C=O) groups excluding carboxylic acids is 1. The number of aryl methyl sites for hydroxylation is 2. The van der Waals surface area contributed by atoms with Crippen molar-refractivity contribution in [1.82, 2.24) is 29.6 Å². The molecule has 0 radical (unpaired) electrons. The molecule has 264 valence electrons. The number of amides is 1. The minimum Gasteiger partial charge on any atom is -0.443 e. The van der Waals surface area contributed by atoms with Crippen LogP contribution >= 0.6 is 11.6 Å². The number of H-pyrrole nitrogens is 1. The third-order valence-electron chi connectivity index (χ3n) is 10.3. The predicted octanol–water partition coefficient (Wildman–Crippen LogP) is 7.55. The Morgan fingerprint density at radius 2 is 2.00 bits per heavy atom. The minimum absolute atomic E-state index is 0.160. The second-order valence-corrected chi connectivity index (χ2v) is 14.4. The van der Waals surface area contributed by atoms with Gasteiger partial charge in [0.2, 0.25) is 0 Å². The van der Waals surface area contributed by atoms with Crippen molar-refractivity contribution in [2.45, 2.75) is 58.6 Å². The number of rotatable bonds is 8. The number of halogens is 1. The predicted molar refractivity (Wildman–Crippen MR) is 200 cm³/mol. The molecule has 6 aromatic rings. The number of hydrogen-bond donors (Lipinski definition) is 2. The van der Waals surface area contributed by atoms with E-state index >= 15 is 0 Å². The highest BCUT2D eigenvalue weighted by atomic mass is 35.5. The first kappa shape index (κ1) is 32.7. The van der Waals surface area contributed by atoms with E-state index in [4.69, 9.17) is 30.8 Å². The number of ether oxygens (including phenoxy) is 3. The molecule has 1 fully saturated rings. The van der Waals surface area contributed by atoms with Crippen molar-refractivity contribution < 1.29 is 19.0 Å². The van der Waals surface area contributed by atoms with Crippen molar-refractivity contribution in [1.29, 1.82) is 0 Å². The Morgan fingerprint density at radius 3 is 2.77 bits per heavy atom. The third kappa shape index (κ3) is 5.88. The summed E-state index contributed by atoms with van der Waals surface area (Å²) in [5.41, 5.74) is 8.86. The van der Waals surface area contributed by atoms with Crippen LogP contribution in [0.1, 0.15) is 58.5 Å². The monoisotopic (exact) mass is 715 g/mol. The first-order valence-electron chi connectivity index (χ1n) is 17.6. The summed E-state index contributed by atoms with van der Waals surface area (Å²) in [6.45, 7) is 9.64. The minimum atomic E-state index is -1.04. The molecule has 1 amide bonds. The molecule has 11 nitrogen and oxygen atoms in total. The van der Waals surface area contributed by atoms with Crippen molar-refractivity contribution in [2.75, 3.05) is 25.0 Å². The summed E-state index contributed by atoms with van der Waals surface area (Å²) in [6.07, 6.45) is 5.90. The smallest absolute Gasteiger partial charge is 0.292 e. The van der Waals surface area contributed by atoms with E-state index in [1.165, 1.54) is 5.57 Å². The highest BCUT2D eigenvalue weighted by molar-refractivity contribution is 6.30. The van der Waals surface area contributed by atoms with Gasteiger partial charge >= 0.3 is 0 Å². The first-order chi connectivity index (χ1) is 25.2. The molecule has 52 heavy (non-hydrogen) atoms. The average Bonchev–Trinajstić information content (AvgIpc) is 3.79. The number of anilines is 1. The summed E-state index contributed by atoms with van der Waals surface area (Å²) in [5.74, 6) is 1.17. The maximum atomic E-state index is 13.5. The Morgan fingerprint density at radius 1 is 1.12 bits per heavy atom. The largest absolute Gasteiger partial charge is 0.443 e. The fourth-order valence-corrected chi connectivity index (χ4v) is 7.51. The second-order valence-electron chi connectivity index (χ2n) is 14.0. The zero-order valence-corrected chi connectivity index (χ0v) is 30.0. The van der Waals surface area contributed by atoms with E-state index in [1.54, 1.807) is 12.3 Å². The van der Waals surface area contributed by atoms with Crippen molar-refractivity contribution in [3.63, 3.8) is 0 Å². The fourth-order valence-electron chi connectivity index (χ4n) is 7.39. The number of carbonyl (C=O) groups is 1. The molecule has 6 heterocycles. The Balaban J connectivity index is 0.940. The van der Waals surface area contributed by atoms with E-state index < -0.39 is 5.79 Å². The fraction of sp³-hybridized carbons (Fsp3) is 0.300. The second kappa shape index (κ2) is 12.8. The Kier molecular flexibility index (Phi) is 8.02. The van der Waals surface area contributed by atoms with Crippen LogP contribution < -0.4 is 14.8 Å². The quantitative estimate of drug-likeness (QED) is 0.166. The van der Waals surface area contributed by atoms with E-state index in [0.717, 1.165) is 95.1 Å². The SMILES string of the molecule is Cc1[nH]nc2c(C)cc(NC(=O)c3ccc4c(c3)nc(CN3CC=C(c5cccc6c5O[C@](C)(c5ccc(Cl)cn5)O6)CC3)n4CC3CCO3)cc12. The lowest BCUT2D eigenvalue weighted by Crippen LogP contribution is -2.33. The van der Waals surface area contributed by atoms with Crippen LogP contribution in [-0.4, -0.2) is 61.3 Å². The highest BCUT2D eigenvalue weighted by Gasteiger charge is 2.41. The molecule has 0 spiro atoms. The van der Waals surface area contributed by atoms with Gasteiger partial charge in [-0.2, -0.15) is 5.10 Å². The number of aromatic amines is 1. The number of benzene rings is 3. The Hall–Kier alpha value is -5.23. The number of fused-ring (bicyclic) bond motifs is 3. The van der Waals surface area contributed by atoms with E-state index in [0.29, 0.717) is 28.6 Å². The molecule has 0 saturated carbocycles. The average molecular weight is 716 g/mol. The summed E-state index contributed by atoms with van der Waals surface area (Å²) < 4.78 is 20.9. The van der Waals surface area contributed by atoms with Crippen molar-refractivity contribution in [3.05, 3.63) is 112 Å². The molecule has 12 heteroatoms. The lowest BCUT2D eigenvalue weighted by molar-refractivity contribution is -0.0718. The van der Waals surface area contributed by atoms with Gasteiger partial charge in [-0.05, 0) is 86.4 Å². The molecule has 1 unspecified atom stereocenters. The summed E-state index contributed by atoms with van der Waals surface area (Å²) in [5, 5.41) is 12.1. The van der Waals surface area contributed by atoms with Gasteiger partial charge in [0.15, 0.2) is 11.5 Å². The van der Waals surface area contributed by atoms with Crippen LogP contribution in [0.5, 0.6) is 11.5 Å². The first-order valence-corrected chi connectivity index (χ1v) is 18.0. The molecular formula is C40H38ClN7O4. The van der Waals surface area contributed by atoms with Gasteiger partial charge < -0.3 is 24.1 Å². The Labute approximate surface area is 305 Å². The van der Waals surface area contributed by atoms with Crippen molar-refractivity contribution >= 4 is 50.7 Å². The van der Waals surface area contributed by atoms with Crippen LogP contribution in [-0.2, 0) is 23.6 Å². The van der Waals surface area contributed by atoms with Crippen LogP contribution in [0.25, 0.3) is 27.5 Å². The van der Waals surface area contributed by atoms with Gasteiger partial charge in [0, 0.05) is 60.7 Å². The molecule has 0 aliphatic carbocycles. The highest BCUT2D eigenvalue weighted by Crippen LogP contribution is 2.48. The van der Waals surface area contributed by atoms with Crippen LogP contribution in [0.2, 0.25) is 5.02 Å². The van der Waals surface area contributed by atoms with Crippen LogP contribution in [0.3, 0.4) is 0 Å². The molecule has 0 bridgehead atoms. The van der Waals surface area contributed by atoms with Gasteiger partial charge in [0.25, 0.3) is 11.7 Å². The molecule has 2 N–H and O–H groups in total. The number of imidazole rings is 1. The molecule has 3 aliphatic rings. The molecule has 9 rings (SSSR count). The van der Waals surface area contributed by atoms with E-state index in [-0.39, 0.29) is 12.0 Å². The number of pyridine rings is 1. The van der Waals surface area contributed by atoms with Gasteiger partial charge in [0.1, 0.15) is 11.5 Å². The molecule has 3 aromatic heterocycles. The number of para-hydroxylation sites is 1. The van der Waals surface area contributed by atoms with E-state index in [9.17, 15) is 4.79 Å². The summed E-state index contributed by atoms with van der Waals surface area (Å²) in [6, 6.07) is 19.3. The van der Waals surface area contributed by atoms with Crippen LogP contribution in [0.4, 0.5) is 5.69 Å². The normalized spacial score (nSPS) is 19.9. The van der Waals surface area contributed by atoms with Gasteiger partial charge in [0.05, 0.1) is 40.8 Å². The zero-order valence-electron chi connectivity index (χ0n) is 29.2. The maximum Gasteiger partial charge on any atom is 0.292 e. The number of aromatic nitrogens is 5. The maximum absolute atomic E-state index is 13.5. The van der Waals surface area contributed by atoms with Crippen molar-refractivity contribution in [2.24, 2.45) is 0 Å². The van der Waals surface area contributed by atoms with Crippen LogP contribution in [0, 0.1) is 13.8 Å². The van der Waals surface area contributed by atoms with E-state index in [2.05, 4.69) is 42.1 Å². The number of hydrogen-bond acceptors (Lipinski definition) is 8. The molecule has 2 atom stereocenters. The van der Waals surface area contributed by atoms with Crippen LogP contribution in [0.15, 0.2) is 72.9 Å². The number of nitrogens with zero attached hydrogens (tertiary/aromatic N) is 5. The standard InChI is InChI=1S/C40H38ClN7O4/c1-23-17-28(19-31-24(2)45-46-37(23)31)43-39(49)26-7-9-33-32(18-26)44-36(48(33)21-29-13-16-50-29)22-47-14-11-25(12-15-47)30-5-4-6-34-38(30)52-40(3,51-34)35-10-8-27(41)20-42-35/h4-11,17-20,29H,12-16,21-22H2,1-3H3,(H,43,49)(H,45,46)/t29?,40-/m1/s1. The van der Waals surface area contributed by atoms with Gasteiger partial charge in [-0.3, -0.25) is 19.8 Å². The lowest BCUT2D eigenvalue weighted by Gasteiger charge is -2.29. The third-order valence-corrected chi connectivity index (χ3v) is 10.6. The summed E-state index contributed by atoms with van der Waals surface area (Å²) in [4.78, 5) is 25.4. The molecular weight excluding hydrogens is 678 g/mol. The topological polar surface area (TPSA) is 119 Å². The molecule has 3 aromatic carbocycles. The number of nitrogens with one attached hydrogen (secondary N) is 2. The van der Waals surface area contributed by atoms with Gasteiger partial charge in [-0.1, -0.05) is 29.8 Å². The van der Waals surface area contributed by atoms with Gasteiger partial charge in [-0.15, -0.1) is 0 Å². The molecule has 1 saturated heterocycles. The van der Waals surface area contributed by atoms with E-state index in [1.807, 2.05) is 69.3 Å². The summed E-state index contributed by atoms with van der Waals surface area (Å²) >= 11 is 6.08. The van der Waals surface area contributed by atoms with Gasteiger partial charge in [-0.25, -0.2) is 4.98 Å². The Bertz CT molecular complexity index is 2400. The van der Waals surface area contributed by atoms with Crippen molar-refractivity contribution in [3.8, 4) is 11.5 Å². The zero-order chi connectivity index (χ0) is 35.6. The summed E-state index contributed by atoms with van der Waals surface area (Å²) in [7, 11) is 0.